The Labute approximate surface area is 340 Å². The fourth-order valence-corrected chi connectivity index (χ4v) is 11.4. The van der Waals surface area contributed by atoms with Crippen LogP contribution in [0.2, 0.25) is 0 Å². The molecule has 4 aliphatic rings. The Kier molecular flexibility index (Phi) is 18.5. The number of hydrogen-bond donors (Lipinski definition) is 0. The first-order valence-corrected chi connectivity index (χ1v) is 24.3. The normalized spacial score (nSPS) is 26.1. The average Bonchev–Trinajstić information content (AvgIpc) is 3.24. The second-order valence-corrected chi connectivity index (χ2v) is 18.9. The minimum Gasteiger partial charge on any atom is -0.381 e. The van der Waals surface area contributed by atoms with Gasteiger partial charge in [0.05, 0.1) is 0 Å². The first-order valence-electron chi connectivity index (χ1n) is 24.3. The predicted octanol–water partition coefficient (Wildman–Crippen LogP) is 16.2. The van der Waals surface area contributed by atoms with E-state index in [-0.39, 0.29) is 0 Å². The van der Waals surface area contributed by atoms with Crippen LogP contribution in [0.25, 0.3) is 0 Å². The molecular formula is C54H82O. The average molecular weight is 747 g/mol. The van der Waals surface area contributed by atoms with Crippen molar-refractivity contribution in [3.63, 3.8) is 0 Å². The maximum atomic E-state index is 6.03. The quantitative estimate of drug-likeness (QED) is 0.0861. The third-order valence-corrected chi connectivity index (χ3v) is 15.0. The van der Waals surface area contributed by atoms with E-state index in [1.807, 2.05) is 0 Å². The van der Waals surface area contributed by atoms with Gasteiger partial charge < -0.3 is 4.74 Å². The van der Waals surface area contributed by atoms with E-state index in [9.17, 15) is 0 Å². The molecule has 1 nitrogen and oxygen atoms in total. The highest BCUT2D eigenvalue weighted by Crippen LogP contribution is 2.44. The van der Waals surface area contributed by atoms with E-state index in [4.69, 9.17) is 4.74 Å². The topological polar surface area (TPSA) is 9.23 Å². The Morgan fingerprint density at radius 3 is 1.18 bits per heavy atom. The fraction of sp³-hybridized carbons (Fsp3) is 0.704. The molecule has 2 atom stereocenters. The zero-order valence-electron chi connectivity index (χ0n) is 35.9. The van der Waals surface area contributed by atoms with Crippen molar-refractivity contribution in [3.05, 3.63) is 94.1 Å². The largest absolute Gasteiger partial charge is 0.381 e. The summed E-state index contributed by atoms with van der Waals surface area (Å²) < 4.78 is 6.03. The van der Waals surface area contributed by atoms with E-state index in [0.29, 0.717) is 0 Å². The standard InChI is InChI=1S/C54H82O/c1-3-13-43-17-25-47(26-18-43)51-33-37-53(38-34-51)49-29-21-45(22-30-49)15-9-5-7-11-41-55-42-12-8-6-10-16-46-23-31-50(32-24-46)54-39-35-52(36-40-54)48-27-19-44(14-4-2)20-28-48/h17-21,23,25-28,49-54H,3-16,22,24,29-42H2,1-2H3. The highest BCUT2D eigenvalue weighted by atomic mass is 16.5. The lowest BCUT2D eigenvalue weighted by Crippen LogP contribution is -2.22. The lowest BCUT2D eigenvalue weighted by Gasteiger charge is -2.35. The number of benzene rings is 2. The Morgan fingerprint density at radius 1 is 0.418 bits per heavy atom. The maximum Gasteiger partial charge on any atom is 0.0466 e. The van der Waals surface area contributed by atoms with E-state index in [0.717, 1.165) is 48.7 Å². The van der Waals surface area contributed by atoms with Crippen LogP contribution in [0.5, 0.6) is 0 Å². The Balaban J connectivity index is 0.709. The lowest BCUT2D eigenvalue weighted by molar-refractivity contribution is 0.125. The van der Waals surface area contributed by atoms with Crippen molar-refractivity contribution in [1.82, 2.24) is 0 Å². The summed E-state index contributed by atoms with van der Waals surface area (Å²) in [6, 6.07) is 19.3. The van der Waals surface area contributed by atoms with Gasteiger partial charge in [0, 0.05) is 13.2 Å². The van der Waals surface area contributed by atoms with E-state index < -0.39 is 0 Å². The third-order valence-electron chi connectivity index (χ3n) is 15.0. The Bertz CT molecular complexity index is 1270. The first-order chi connectivity index (χ1) is 27.2. The van der Waals surface area contributed by atoms with Gasteiger partial charge in [-0.1, -0.05) is 124 Å². The molecule has 2 unspecified atom stereocenters. The second-order valence-electron chi connectivity index (χ2n) is 18.9. The first kappa shape index (κ1) is 42.5. The summed E-state index contributed by atoms with van der Waals surface area (Å²) in [6.45, 7) is 6.50. The van der Waals surface area contributed by atoms with Gasteiger partial charge in [0.15, 0.2) is 0 Å². The van der Waals surface area contributed by atoms with Gasteiger partial charge in [0.1, 0.15) is 0 Å². The van der Waals surface area contributed by atoms with Crippen molar-refractivity contribution >= 4 is 0 Å². The van der Waals surface area contributed by atoms with E-state index in [2.05, 4.69) is 74.5 Å². The molecule has 0 bridgehead atoms. The van der Waals surface area contributed by atoms with E-state index in [1.54, 1.807) is 22.3 Å². The molecule has 0 aliphatic heterocycles. The van der Waals surface area contributed by atoms with Crippen molar-refractivity contribution in [2.24, 2.45) is 23.7 Å². The summed E-state index contributed by atoms with van der Waals surface area (Å²) in [7, 11) is 0. The van der Waals surface area contributed by atoms with Crippen molar-refractivity contribution in [2.45, 2.75) is 205 Å². The molecule has 0 amide bonds. The Morgan fingerprint density at radius 2 is 0.818 bits per heavy atom. The molecule has 2 saturated carbocycles. The van der Waals surface area contributed by atoms with Crippen molar-refractivity contribution in [3.8, 4) is 0 Å². The zero-order chi connectivity index (χ0) is 37.9. The molecule has 0 radical (unpaired) electrons. The maximum absolute atomic E-state index is 6.03. The van der Waals surface area contributed by atoms with Gasteiger partial charge >= 0.3 is 0 Å². The molecule has 2 aromatic carbocycles. The molecule has 6 rings (SSSR count). The van der Waals surface area contributed by atoms with E-state index >= 15 is 0 Å². The van der Waals surface area contributed by atoms with Crippen molar-refractivity contribution < 1.29 is 4.74 Å². The van der Waals surface area contributed by atoms with Crippen LogP contribution in [0, 0.1) is 23.7 Å². The van der Waals surface area contributed by atoms with Crippen LogP contribution in [0.4, 0.5) is 0 Å². The fourth-order valence-electron chi connectivity index (χ4n) is 11.4. The molecular weight excluding hydrogens is 665 g/mol. The molecule has 304 valence electrons. The summed E-state index contributed by atoms with van der Waals surface area (Å²) >= 11 is 0. The number of allylic oxidation sites excluding steroid dienone is 4. The summed E-state index contributed by atoms with van der Waals surface area (Å²) in [5, 5.41) is 0. The molecule has 2 aromatic rings. The van der Waals surface area contributed by atoms with Crippen LogP contribution in [0.3, 0.4) is 0 Å². The molecule has 2 fully saturated rings. The number of rotatable bonds is 22. The number of unbranched alkanes of at least 4 members (excludes halogenated alkanes) is 6. The van der Waals surface area contributed by atoms with Crippen molar-refractivity contribution in [2.75, 3.05) is 13.2 Å². The van der Waals surface area contributed by atoms with Crippen LogP contribution in [-0.4, -0.2) is 13.2 Å². The van der Waals surface area contributed by atoms with Crippen molar-refractivity contribution in [1.29, 1.82) is 0 Å². The van der Waals surface area contributed by atoms with Crippen LogP contribution >= 0.6 is 0 Å². The van der Waals surface area contributed by atoms with Gasteiger partial charge in [-0.05, 0) is 199 Å². The summed E-state index contributed by atoms with van der Waals surface area (Å²) in [4.78, 5) is 0. The molecule has 0 N–H and O–H groups in total. The Hall–Kier alpha value is -2.12. The number of aryl methyl sites for hydroxylation is 2. The van der Waals surface area contributed by atoms with E-state index in [1.165, 1.54) is 191 Å². The van der Waals surface area contributed by atoms with Gasteiger partial charge in [-0.3, -0.25) is 0 Å². The molecule has 55 heavy (non-hydrogen) atoms. The highest BCUT2D eigenvalue weighted by Gasteiger charge is 2.30. The van der Waals surface area contributed by atoms with Gasteiger partial charge in [0.2, 0.25) is 0 Å². The second kappa shape index (κ2) is 24.0. The van der Waals surface area contributed by atoms with Crippen LogP contribution < -0.4 is 0 Å². The molecule has 4 aliphatic carbocycles. The lowest BCUT2D eigenvalue weighted by atomic mass is 9.70. The third kappa shape index (κ3) is 14.0. The number of hydrogen-bond acceptors (Lipinski definition) is 1. The van der Waals surface area contributed by atoms with Crippen LogP contribution in [-0.2, 0) is 17.6 Å². The monoisotopic (exact) mass is 747 g/mol. The minimum absolute atomic E-state index is 0.806. The molecule has 0 spiro atoms. The predicted molar refractivity (Wildman–Crippen MR) is 238 cm³/mol. The van der Waals surface area contributed by atoms with Gasteiger partial charge in [-0.2, -0.15) is 0 Å². The zero-order valence-corrected chi connectivity index (χ0v) is 35.9. The molecule has 0 heterocycles. The van der Waals surface area contributed by atoms with Crippen LogP contribution in [0.15, 0.2) is 71.8 Å². The molecule has 1 heteroatoms. The minimum atomic E-state index is 0.806. The van der Waals surface area contributed by atoms with Gasteiger partial charge in [-0.15, -0.1) is 0 Å². The molecule has 0 saturated heterocycles. The summed E-state index contributed by atoms with van der Waals surface area (Å²) in [5.41, 5.74) is 9.77. The van der Waals surface area contributed by atoms with Gasteiger partial charge in [0.25, 0.3) is 0 Å². The van der Waals surface area contributed by atoms with Crippen LogP contribution in [0.1, 0.15) is 215 Å². The molecule has 0 aromatic heterocycles. The SMILES string of the molecule is CCCc1ccc(C2CCC(C3CC=C(CCCCCCOCCCCCCC4=CCC(C5CCC(c6ccc(CCC)cc6)CC5)CC4)CC3)CC2)cc1. The number of ether oxygens (including phenoxy) is 1. The smallest absolute Gasteiger partial charge is 0.0466 e. The summed E-state index contributed by atoms with van der Waals surface area (Å²) in [5.74, 6) is 5.47. The highest BCUT2D eigenvalue weighted by molar-refractivity contribution is 5.27. The summed E-state index contributed by atoms with van der Waals surface area (Å²) in [6.07, 6.45) is 43.5. The van der Waals surface area contributed by atoms with Gasteiger partial charge in [-0.25, -0.2) is 0 Å².